The number of nitrogens with one attached hydrogen (secondary N) is 8. The number of hydrogen-bond acceptors (Lipinski definition) is 18. The number of benzene rings is 3. The monoisotopic (exact) mass is 1840 g/mol. The lowest BCUT2D eigenvalue weighted by Crippen LogP contribution is -2.60. The van der Waals surface area contributed by atoms with Gasteiger partial charge in [-0.05, 0) is 223 Å². The van der Waals surface area contributed by atoms with E-state index in [1.54, 1.807) is 83.1 Å². The van der Waals surface area contributed by atoms with Crippen LogP contribution in [0, 0.1) is 16.2 Å². The van der Waals surface area contributed by atoms with Gasteiger partial charge in [-0.1, -0.05) is 161 Å². The molecule has 3 aromatic carbocycles. The predicted octanol–water partition coefficient (Wildman–Crippen LogP) is 11.1. The van der Waals surface area contributed by atoms with Crippen LogP contribution in [-0.2, 0) is 86.2 Å². The van der Waals surface area contributed by atoms with Crippen LogP contribution in [0.15, 0.2) is 72.8 Å². The van der Waals surface area contributed by atoms with Crippen LogP contribution in [-0.4, -0.2) is 243 Å². The molecule has 1 unspecified atom stereocenters. The van der Waals surface area contributed by atoms with Gasteiger partial charge in [0.05, 0.1) is 18.1 Å². The molecule has 0 spiro atoms. The molecule has 6 aliphatic rings. The highest BCUT2D eigenvalue weighted by Gasteiger charge is 2.51. The molecule has 10 N–H and O–H groups in total. The van der Waals surface area contributed by atoms with Crippen LogP contribution in [0.1, 0.15) is 306 Å². The van der Waals surface area contributed by atoms with Gasteiger partial charge in [-0.15, -0.1) is 0 Å². The Balaban J connectivity index is 0.000000445. The largest absolute Gasteiger partial charge is 0.444 e. The van der Waals surface area contributed by atoms with E-state index in [1.807, 2.05) is 117 Å². The van der Waals surface area contributed by atoms with Crippen molar-refractivity contribution in [2.45, 2.75) is 381 Å². The van der Waals surface area contributed by atoms with Crippen molar-refractivity contribution in [1.82, 2.24) is 71.9 Å². The third-order valence-electron chi connectivity index (χ3n) is 25.7. The number of nitrogens with zero attached hydrogens (tertiary/aromatic N) is 6. The maximum Gasteiger partial charge on any atom is 0.410 e. The van der Waals surface area contributed by atoms with E-state index in [9.17, 15) is 67.1 Å². The smallest absolute Gasteiger partial charge is 0.410 e. The van der Waals surface area contributed by atoms with E-state index in [0.717, 1.165) is 111 Å². The summed E-state index contributed by atoms with van der Waals surface area (Å²) < 4.78 is 16.4. The van der Waals surface area contributed by atoms with Crippen LogP contribution < -0.4 is 48.3 Å². The van der Waals surface area contributed by atoms with Crippen molar-refractivity contribution in [2.24, 2.45) is 22.0 Å². The van der Waals surface area contributed by atoms with Crippen LogP contribution in [0.5, 0.6) is 0 Å². The lowest BCUT2D eigenvalue weighted by molar-refractivity contribution is -0.144. The summed E-state index contributed by atoms with van der Waals surface area (Å²) in [6.07, 6.45) is 11.3. The number of hydrogen-bond donors (Lipinski definition) is 9. The summed E-state index contributed by atoms with van der Waals surface area (Å²) in [5, 5.41) is 24.5. The minimum Gasteiger partial charge on any atom is -0.444 e. The molecule has 0 radical (unpaired) electrons. The van der Waals surface area contributed by atoms with Gasteiger partial charge < -0.3 is 77.2 Å². The van der Waals surface area contributed by atoms with Gasteiger partial charge in [-0.25, -0.2) is 14.4 Å². The molecule has 15 atom stereocenters. The number of fused-ring (bicyclic) bond motifs is 3. The van der Waals surface area contributed by atoms with Crippen LogP contribution in [0.25, 0.3) is 0 Å². The second-order valence-electron chi connectivity index (χ2n) is 43.3. The molecule has 3 fully saturated rings. The highest BCUT2D eigenvalue weighted by atomic mass is 16.6. The van der Waals surface area contributed by atoms with Crippen molar-refractivity contribution >= 4 is 83.3 Å². The Labute approximate surface area is 782 Å². The van der Waals surface area contributed by atoms with Crippen LogP contribution in [0.3, 0.4) is 0 Å². The van der Waals surface area contributed by atoms with E-state index < -0.39 is 147 Å². The molecule has 3 saturated heterocycles. The standard InChI is InChI=1S/C70H108N10O12.C30H47N5O5/c1-43(77(15)65(89)91-69(9,10)11)59(83)75-57(67(3,4)5)63(87)79-41-47(39-53(79)61(85)73-51-35-27-31-45-29-23-25-33-49(45)51)71-55(81)37-21-19-17-18-20-22-38-56(82)72-48-40-54(62(86)74-52-36-28-32-46-30-24-26-34-50(46)52)80(42-48)64(88)58(68(6,7)8)76-60(84)44(2)78(16)66(90)92-70(12,13)14;1-18(34(8)28(39)40-30(5,6)7)25(36)33-24(29(2,3)4)27(38)35-17-20(31)16-23(35)26(37)32-22-15-11-13-19-12-9-10-14-21(19)22/h23-26,29-30,33-34,43-44,47-48,51-54,57-58H,17-22,27-28,31-32,35-42H2,1-16H3,(H,71,81)(H,72,82)(H,73,85)(H,74,86)(H,75,83)(H,76,84);9-10,12,14,18,20,22-24H,11,13,15-17,31H2,1-8H3,(H,32,37)(H,33,36)/t43-,44-,47-,48?,51+,52+,53-,54-,57+,58+;18-,20-,22+,23-,24+/m00/s1. The Kier molecular flexibility index (Phi) is 36.9. The summed E-state index contributed by atoms with van der Waals surface area (Å²) in [6, 6.07) is 13.4. The summed E-state index contributed by atoms with van der Waals surface area (Å²) in [5.74, 6) is -4.29. The first-order valence-corrected chi connectivity index (χ1v) is 47.6. The molecule has 732 valence electrons. The maximum atomic E-state index is 14.9. The molecule has 32 nitrogen and oxygen atoms in total. The minimum absolute atomic E-state index is 0.0466. The first-order valence-electron chi connectivity index (χ1n) is 47.6. The molecule has 3 aliphatic heterocycles. The third-order valence-corrected chi connectivity index (χ3v) is 25.7. The second kappa shape index (κ2) is 45.6. The SMILES string of the molecule is C[C@@H](C(=O)N[C@H](C(=O)N1CC(NC(=O)CCCCCCCCC(=O)N[C@H]2C[C@@H](C(=O)N[C@@H]3CCCc4ccccc43)N(C(=O)[C@@H](NC(=O)[C@H](C)N(C)C(=O)OC(C)(C)C)C(C)(C)C)C2)C[C@H]1C(=O)N[C@@H]1CCCc2ccccc21)C(C)(C)C)N(C)C(=O)OC(C)(C)C.C[C@@H](C(=O)N[C@H](C(=O)N1C[C@@H](N)C[C@H]1C(=O)N[C@@H]1CCCc2ccccc21)C(C)(C)C)N(C)C(=O)OC(C)(C)C. The third kappa shape index (κ3) is 30.1. The van der Waals surface area contributed by atoms with Gasteiger partial charge in [0.15, 0.2) is 0 Å². The molecule has 132 heavy (non-hydrogen) atoms. The topological polar surface area (TPSA) is 408 Å². The van der Waals surface area contributed by atoms with Crippen LogP contribution in [0.4, 0.5) is 14.4 Å². The van der Waals surface area contributed by atoms with Crippen molar-refractivity contribution in [3.8, 4) is 0 Å². The van der Waals surface area contributed by atoms with Gasteiger partial charge in [0.2, 0.25) is 65.0 Å². The van der Waals surface area contributed by atoms with Crippen molar-refractivity contribution in [3.05, 3.63) is 106 Å². The molecular weight excluding hydrogens is 1680 g/mol. The number of likely N-dealkylation sites (tertiary alicyclic amines) is 3. The Morgan fingerprint density at radius 3 is 0.902 bits per heavy atom. The van der Waals surface area contributed by atoms with Gasteiger partial charge in [-0.2, -0.15) is 0 Å². The highest BCUT2D eigenvalue weighted by molar-refractivity contribution is 5.98. The summed E-state index contributed by atoms with van der Waals surface area (Å²) in [6.45, 7) is 37.1. The first-order chi connectivity index (χ1) is 61.4. The van der Waals surface area contributed by atoms with E-state index in [4.69, 9.17) is 19.9 Å². The number of nitrogens with two attached hydrogens (primary N) is 1. The van der Waals surface area contributed by atoms with Crippen molar-refractivity contribution < 1.29 is 81.3 Å². The predicted molar refractivity (Wildman–Crippen MR) is 504 cm³/mol. The van der Waals surface area contributed by atoms with Crippen molar-refractivity contribution in [2.75, 3.05) is 40.8 Å². The average Bonchev–Trinajstić information content (AvgIpc) is 1.60. The van der Waals surface area contributed by atoms with Crippen molar-refractivity contribution in [3.63, 3.8) is 0 Å². The number of amides is 14. The number of aryl methyl sites for hydroxylation is 3. The summed E-state index contributed by atoms with van der Waals surface area (Å²) in [4.78, 5) is 201. The van der Waals surface area contributed by atoms with Crippen molar-refractivity contribution in [1.29, 1.82) is 0 Å². The van der Waals surface area contributed by atoms with Gasteiger partial charge in [0.1, 0.15) is 71.2 Å². The van der Waals surface area contributed by atoms with Gasteiger partial charge in [0, 0.05) is 71.7 Å². The molecule has 9 rings (SSSR count). The molecule has 32 heteroatoms. The Hall–Kier alpha value is -10.4. The number of likely N-dealkylation sites (N-methyl/N-ethyl adjacent to an activating group) is 3. The number of unbranched alkanes of at least 4 members (excludes halogenated alkanes) is 5. The van der Waals surface area contributed by atoms with Crippen LogP contribution >= 0.6 is 0 Å². The zero-order valence-corrected chi connectivity index (χ0v) is 83.1. The molecule has 0 saturated carbocycles. The summed E-state index contributed by atoms with van der Waals surface area (Å²) in [7, 11) is 4.40. The zero-order valence-electron chi connectivity index (χ0n) is 83.1. The fourth-order valence-electron chi connectivity index (χ4n) is 17.9. The Morgan fingerprint density at radius 2 is 0.629 bits per heavy atom. The Bertz CT molecular complexity index is 4380. The number of rotatable bonds is 29. The average molecular weight is 1840 g/mol. The fourth-order valence-corrected chi connectivity index (χ4v) is 17.9. The van der Waals surface area contributed by atoms with E-state index in [-0.39, 0.29) is 105 Å². The lowest BCUT2D eigenvalue weighted by Gasteiger charge is -2.37. The molecule has 3 aliphatic carbocycles. The normalized spacial score (nSPS) is 21.6. The molecular formula is C100H155N15O17. The van der Waals surface area contributed by atoms with Gasteiger partial charge in [0.25, 0.3) is 0 Å². The summed E-state index contributed by atoms with van der Waals surface area (Å²) >= 11 is 0. The van der Waals surface area contributed by atoms with E-state index in [0.29, 0.717) is 19.3 Å². The van der Waals surface area contributed by atoms with E-state index in [2.05, 4.69) is 60.7 Å². The number of ether oxygens (including phenoxy) is 3. The van der Waals surface area contributed by atoms with Gasteiger partial charge in [-0.3, -0.25) is 67.4 Å². The molecule has 14 amide bonds. The molecule has 0 bridgehead atoms. The Morgan fingerprint density at radius 1 is 0.371 bits per heavy atom. The molecule has 3 heterocycles. The quantitative estimate of drug-likeness (QED) is 0.0230. The minimum atomic E-state index is -1.10. The zero-order chi connectivity index (χ0) is 98.2. The molecule has 3 aromatic rings. The second-order valence-corrected chi connectivity index (χ2v) is 43.3. The van der Waals surface area contributed by atoms with Gasteiger partial charge >= 0.3 is 18.3 Å². The van der Waals surface area contributed by atoms with Crippen LogP contribution in [0.2, 0.25) is 0 Å². The molecule has 0 aromatic heterocycles. The lowest BCUT2D eigenvalue weighted by atomic mass is 9.85. The van der Waals surface area contributed by atoms with E-state index in [1.165, 1.54) is 56.1 Å². The number of carbonyl (C=O) groups excluding carboxylic acids is 14. The van der Waals surface area contributed by atoms with E-state index >= 15 is 0 Å². The maximum absolute atomic E-state index is 14.9. The number of carbonyl (C=O) groups is 14. The summed E-state index contributed by atoms with van der Waals surface area (Å²) in [5.41, 5.74) is 8.40. The first kappa shape index (κ1) is 107. The highest BCUT2D eigenvalue weighted by Crippen LogP contribution is 2.37. The fraction of sp³-hybridized carbons (Fsp3) is 0.680.